The minimum absolute atomic E-state index is 1.08. The van der Waals surface area contributed by atoms with Crippen LogP contribution >= 0.6 is 6.05 Å². The second kappa shape index (κ2) is 5.23. The van der Waals surface area contributed by atoms with Gasteiger partial charge in [0.15, 0.2) is 0 Å². The van der Waals surface area contributed by atoms with Crippen molar-refractivity contribution in [3.63, 3.8) is 0 Å². The zero-order chi connectivity index (χ0) is 10.8. The second-order valence-corrected chi connectivity index (χ2v) is 8.47. The molecule has 0 unspecified atom stereocenters. The monoisotopic (exact) mass is 262 g/mol. The number of hydrogen-bond donors (Lipinski definition) is 0. The van der Waals surface area contributed by atoms with Gasteiger partial charge in [0, 0.05) is 0 Å². The van der Waals surface area contributed by atoms with E-state index < -0.39 is 6.05 Å². The minimum atomic E-state index is -1.47. The van der Waals surface area contributed by atoms with Crippen LogP contribution in [0.3, 0.4) is 0 Å². The molecule has 0 N–H and O–H groups in total. The molecule has 0 aromatic heterocycles. The first kappa shape index (κ1) is 12.9. The zero-order valence-corrected chi connectivity index (χ0v) is 11.6. The Bertz CT molecular complexity index is 216. The molecule has 0 spiro atoms. The molecule has 0 radical (unpaired) electrons. The Morgan fingerprint density at radius 1 is 1.14 bits per heavy atom. The van der Waals surface area contributed by atoms with E-state index in [0.717, 1.165) is 13.1 Å². The van der Waals surface area contributed by atoms with Gasteiger partial charge < -0.3 is 0 Å². The molecule has 1 aliphatic rings. The van der Waals surface area contributed by atoms with E-state index in [1.165, 1.54) is 19.5 Å². The van der Waals surface area contributed by atoms with Gasteiger partial charge >= 0.3 is 95.2 Å². The number of nitrogens with zero attached hydrogens (tertiary/aromatic N) is 3. The average Bonchev–Trinajstić information content (AvgIpc) is 2.16. The number of rotatable bonds is 3. The molecule has 3 nitrogen and oxygen atoms in total. The Kier molecular flexibility index (Phi) is 4.81. The van der Waals surface area contributed by atoms with Crippen LogP contribution in [0.4, 0.5) is 0 Å². The van der Waals surface area contributed by atoms with Gasteiger partial charge in [-0.15, -0.1) is 0 Å². The van der Waals surface area contributed by atoms with Gasteiger partial charge in [-0.1, -0.05) is 0 Å². The first-order chi connectivity index (χ1) is 6.57. The normalized spacial score (nSPS) is 24.5. The van der Waals surface area contributed by atoms with E-state index in [4.69, 9.17) is 14.6 Å². The van der Waals surface area contributed by atoms with Crippen LogP contribution in [-0.4, -0.2) is 54.3 Å². The molecule has 0 aliphatic carbocycles. The molecule has 0 aromatic carbocycles. The van der Waals surface area contributed by atoms with E-state index >= 15 is 0 Å². The molecular formula is C9H23N3NiP. The van der Waals surface area contributed by atoms with Gasteiger partial charge in [0.1, 0.15) is 0 Å². The Labute approximate surface area is 95.4 Å². The van der Waals surface area contributed by atoms with Crippen molar-refractivity contribution in [2.45, 2.75) is 20.3 Å². The fourth-order valence-electron chi connectivity index (χ4n) is 2.04. The van der Waals surface area contributed by atoms with Crippen LogP contribution in [0.2, 0.25) is 0 Å². The van der Waals surface area contributed by atoms with Crippen LogP contribution in [0.1, 0.15) is 20.3 Å². The molecular weight excluding hydrogens is 240 g/mol. The molecule has 1 aliphatic heterocycles. The second-order valence-electron chi connectivity index (χ2n) is 3.72. The summed E-state index contributed by atoms with van der Waals surface area (Å²) in [5, 5.41) is 0. The Balaban J connectivity index is 2.91. The molecule has 89 valence electrons. The summed E-state index contributed by atoms with van der Waals surface area (Å²) >= 11 is 5.04. The first-order valence-corrected chi connectivity index (χ1v) is 8.22. The van der Waals surface area contributed by atoms with Gasteiger partial charge in [0.25, 0.3) is 0 Å². The summed E-state index contributed by atoms with van der Waals surface area (Å²) in [7, 11) is 4.40. The summed E-state index contributed by atoms with van der Waals surface area (Å²) in [4.78, 5) is 0. The van der Waals surface area contributed by atoms with Crippen LogP contribution in [-0.2, 0) is 14.6 Å². The standard InChI is InChI=1S/C9H22N3P.Ni.H/c1-5-12(6-2)13-10(3)8-7-9-11(13)4;;/h5-9H2,1-4H3;;. The molecule has 1 saturated heterocycles. The van der Waals surface area contributed by atoms with Gasteiger partial charge in [0.2, 0.25) is 0 Å². The Hall–Kier alpha value is 0.804. The molecule has 1 heterocycles. The molecule has 1 rings (SSSR count). The Morgan fingerprint density at radius 3 is 1.93 bits per heavy atom. The predicted molar refractivity (Wildman–Crippen MR) is 61.1 cm³/mol. The summed E-state index contributed by atoms with van der Waals surface area (Å²) in [6.45, 7) is 8.96. The van der Waals surface area contributed by atoms with E-state index in [2.05, 4.69) is 42.0 Å². The van der Waals surface area contributed by atoms with Crippen molar-refractivity contribution in [3.05, 3.63) is 0 Å². The molecule has 14 heavy (non-hydrogen) atoms. The number of hydrogen-bond acceptors (Lipinski definition) is 3. The van der Waals surface area contributed by atoms with Gasteiger partial charge in [-0.25, -0.2) is 0 Å². The van der Waals surface area contributed by atoms with Crippen molar-refractivity contribution in [1.82, 2.24) is 14.0 Å². The summed E-state index contributed by atoms with van der Waals surface area (Å²) in [5.41, 5.74) is 0. The van der Waals surface area contributed by atoms with Crippen LogP contribution in [0, 0.1) is 0 Å². The van der Waals surface area contributed by atoms with Gasteiger partial charge in [-0.3, -0.25) is 0 Å². The van der Waals surface area contributed by atoms with E-state index in [9.17, 15) is 0 Å². The first-order valence-electron chi connectivity index (χ1n) is 5.32. The van der Waals surface area contributed by atoms with Gasteiger partial charge in [-0.05, 0) is 0 Å². The maximum atomic E-state index is 5.04. The summed E-state index contributed by atoms with van der Waals surface area (Å²) in [6, 6.07) is -1.47. The van der Waals surface area contributed by atoms with E-state index in [-0.39, 0.29) is 0 Å². The van der Waals surface area contributed by atoms with Crippen molar-refractivity contribution in [3.8, 4) is 0 Å². The quantitative estimate of drug-likeness (QED) is 0.565. The summed E-state index contributed by atoms with van der Waals surface area (Å²) in [5.74, 6) is 0. The van der Waals surface area contributed by atoms with Gasteiger partial charge in [-0.2, -0.15) is 0 Å². The molecule has 0 amide bonds. The molecule has 5 heteroatoms. The summed E-state index contributed by atoms with van der Waals surface area (Å²) in [6.07, 6.45) is 1.26. The average molecular weight is 263 g/mol. The SMILES string of the molecule is CCN(CC)[P]1(=[NiH])N(C)CCCN1C. The van der Waals surface area contributed by atoms with Crippen LogP contribution < -0.4 is 0 Å². The van der Waals surface area contributed by atoms with E-state index in [0.29, 0.717) is 0 Å². The molecule has 0 aromatic rings. The third kappa shape index (κ3) is 2.15. The molecule has 0 atom stereocenters. The molecule has 0 saturated carbocycles. The van der Waals surface area contributed by atoms with E-state index in [1.807, 2.05) is 0 Å². The van der Waals surface area contributed by atoms with Crippen LogP contribution in [0.5, 0.6) is 0 Å². The predicted octanol–water partition coefficient (Wildman–Crippen LogP) is 1.55. The fourth-order valence-corrected chi connectivity index (χ4v) is 6.40. The summed E-state index contributed by atoms with van der Waals surface area (Å²) < 4.78 is 7.36. The fraction of sp³-hybridized carbons (Fsp3) is 1.00. The van der Waals surface area contributed by atoms with Crippen molar-refractivity contribution in [2.75, 3.05) is 40.3 Å². The van der Waals surface area contributed by atoms with Crippen LogP contribution in [0.25, 0.3) is 0 Å². The third-order valence-electron chi connectivity index (χ3n) is 2.88. The van der Waals surface area contributed by atoms with Crippen molar-refractivity contribution in [2.24, 2.45) is 0 Å². The van der Waals surface area contributed by atoms with Gasteiger partial charge in [0.05, 0.1) is 0 Å². The maximum absolute atomic E-state index is 5.04. The molecule has 0 bridgehead atoms. The third-order valence-corrected chi connectivity index (χ3v) is 9.23. The molecule has 1 fully saturated rings. The Morgan fingerprint density at radius 2 is 1.57 bits per heavy atom. The van der Waals surface area contributed by atoms with Crippen molar-refractivity contribution >= 4 is 6.05 Å². The zero-order valence-electron chi connectivity index (χ0n) is 9.66. The van der Waals surface area contributed by atoms with Crippen molar-refractivity contribution < 1.29 is 14.6 Å². The van der Waals surface area contributed by atoms with Crippen molar-refractivity contribution in [1.29, 1.82) is 0 Å². The van der Waals surface area contributed by atoms with Crippen LogP contribution in [0.15, 0.2) is 0 Å². The van der Waals surface area contributed by atoms with E-state index in [1.54, 1.807) is 0 Å². The topological polar surface area (TPSA) is 9.72 Å².